The number of benzene rings is 1. The van der Waals surface area contributed by atoms with Gasteiger partial charge in [0.1, 0.15) is 17.5 Å². The predicted molar refractivity (Wildman–Crippen MR) is 111 cm³/mol. The lowest BCUT2D eigenvalue weighted by molar-refractivity contribution is -0.385. The lowest BCUT2D eigenvalue weighted by Crippen LogP contribution is -2.60. The standard InChI is InChI=1S/C19H26N2O4.CH4O3S/c1-19(2)18(22)17(20-12-5-3-6-13(20)8-4-7-12)15-11-14(21(23)24)9-10-16(15)25-19;1-5(2,3)4/h9-13,17-18,22H,3-8H2,1-2H3;1H3,(H,2,3,4)/t12?,13?,17-,18+;/m1./s1. The molecule has 168 valence electrons. The summed E-state index contributed by atoms with van der Waals surface area (Å²) in [4.78, 5) is 13.4. The molecule has 3 aliphatic rings. The van der Waals surface area contributed by atoms with Gasteiger partial charge in [0.2, 0.25) is 0 Å². The molecule has 10 heteroatoms. The number of ether oxygens (including phenoxy) is 1. The second kappa shape index (κ2) is 8.41. The molecule has 2 saturated heterocycles. The molecule has 3 aliphatic heterocycles. The summed E-state index contributed by atoms with van der Waals surface area (Å²) in [5.74, 6) is 0.662. The van der Waals surface area contributed by atoms with Gasteiger partial charge in [0.05, 0.1) is 17.2 Å². The first kappa shape index (κ1) is 22.9. The molecule has 2 bridgehead atoms. The predicted octanol–water partition coefficient (Wildman–Crippen LogP) is 3.08. The Kier molecular flexibility index (Phi) is 6.43. The van der Waals surface area contributed by atoms with Crippen molar-refractivity contribution in [1.29, 1.82) is 0 Å². The fourth-order valence-corrected chi connectivity index (χ4v) is 5.01. The molecule has 9 nitrogen and oxygen atoms in total. The maximum absolute atomic E-state index is 11.3. The number of fused-ring (bicyclic) bond motifs is 3. The normalized spacial score (nSPS) is 30.3. The van der Waals surface area contributed by atoms with E-state index in [0.29, 0.717) is 24.1 Å². The first-order valence-corrected chi connectivity index (χ1v) is 12.1. The largest absolute Gasteiger partial charge is 0.485 e. The Bertz CT molecular complexity index is 872. The molecule has 0 amide bonds. The highest BCUT2D eigenvalue weighted by Gasteiger charge is 2.50. The molecule has 0 saturated carbocycles. The van der Waals surface area contributed by atoms with Crippen molar-refractivity contribution >= 4 is 15.8 Å². The van der Waals surface area contributed by atoms with Crippen molar-refractivity contribution in [1.82, 2.24) is 4.90 Å². The van der Waals surface area contributed by atoms with Gasteiger partial charge < -0.3 is 9.84 Å². The van der Waals surface area contributed by atoms with Gasteiger partial charge in [-0.1, -0.05) is 12.8 Å². The first-order valence-electron chi connectivity index (χ1n) is 10.2. The van der Waals surface area contributed by atoms with E-state index < -0.39 is 21.8 Å². The zero-order chi connectivity index (χ0) is 22.3. The summed E-state index contributed by atoms with van der Waals surface area (Å²) < 4.78 is 31.9. The van der Waals surface area contributed by atoms with Crippen LogP contribution in [-0.2, 0) is 10.1 Å². The maximum atomic E-state index is 11.3. The smallest absolute Gasteiger partial charge is 0.270 e. The van der Waals surface area contributed by atoms with Crippen LogP contribution in [0.15, 0.2) is 18.2 Å². The molecule has 3 heterocycles. The summed E-state index contributed by atoms with van der Waals surface area (Å²) >= 11 is 0. The molecule has 1 aromatic carbocycles. The molecule has 0 radical (unpaired) electrons. The summed E-state index contributed by atoms with van der Waals surface area (Å²) in [5.41, 5.74) is 0.0979. The van der Waals surface area contributed by atoms with Crippen molar-refractivity contribution in [3.63, 3.8) is 0 Å². The van der Waals surface area contributed by atoms with Gasteiger partial charge in [-0.05, 0) is 45.6 Å². The lowest BCUT2D eigenvalue weighted by atomic mass is 9.78. The van der Waals surface area contributed by atoms with Crippen molar-refractivity contribution in [3.05, 3.63) is 33.9 Å². The summed E-state index contributed by atoms with van der Waals surface area (Å²) in [5, 5.41) is 22.4. The molecule has 30 heavy (non-hydrogen) atoms. The van der Waals surface area contributed by atoms with E-state index >= 15 is 0 Å². The van der Waals surface area contributed by atoms with Crippen LogP contribution in [0.3, 0.4) is 0 Å². The van der Waals surface area contributed by atoms with E-state index in [0.717, 1.165) is 31.2 Å². The van der Waals surface area contributed by atoms with Gasteiger partial charge in [-0.3, -0.25) is 19.6 Å². The van der Waals surface area contributed by atoms with Crippen LogP contribution < -0.4 is 4.74 Å². The van der Waals surface area contributed by atoms with Gasteiger partial charge in [0.15, 0.2) is 0 Å². The number of nitro benzene ring substituents is 1. The molecule has 1 aromatic rings. The SMILES string of the molecule is CC1(C)Oc2ccc([N+](=O)[O-])cc2[C@@H](N2C3CCCC2CCC3)[C@@H]1O.CS(=O)(=O)O. The van der Waals surface area contributed by atoms with Crippen molar-refractivity contribution in [2.24, 2.45) is 0 Å². The Hall–Kier alpha value is -1.75. The van der Waals surface area contributed by atoms with E-state index in [9.17, 15) is 23.6 Å². The molecule has 2 fully saturated rings. The zero-order valence-electron chi connectivity index (χ0n) is 17.5. The second-order valence-electron chi connectivity index (χ2n) is 8.92. The molecule has 2 N–H and O–H groups in total. The topological polar surface area (TPSA) is 130 Å². The van der Waals surface area contributed by atoms with Gasteiger partial charge in [0.25, 0.3) is 15.8 Å². The van der Waals surface area contributed by atoms with Crippen LogP contribution in [-0.4, -0.2) is 57.9 Å². The molecular weight excluding hydrogens is 412 g/mol. The number of aliphatic hydroxyl groups is 1. The number of nitro groups is 1. The number of nitrogens with zero attached hydrogens (tertiary/aromatic N) is 2. The molecular formula is C20H30N2O7S. The third-order valence-electron chi connectivity index (χ3n) is 6.22. The minimum absolute atomic E-state index is 0.0569. The van der Waals surface area contributed by atoms with Crippen LogP contribution in [0.25, 0.3) is 0 Å². The summed E-state index contributed by atoms with van der Waals surface area (Å²) in [7, 11) is -3.67. The summed E-state index contributed by atoms with van der Waals surface area (Å²) in [6.45, 7) is 3.80. The van der Waals surface area contributed by atoms with Crippen molar-refractivity contribution < 1.29 is 27.7 Å². The Morgan fingerprint density at radius 2 is 1.67 bits per heavy atom. The maximum Gasteiger partial charge on any atom is 0.270 e. The van der Waals surface area contributed by atoms with Crippen LogP contribution in [0.5, 0.6) is 5.75 Å². The molecule has 0 aliphatic carbocycles. The highest BCUT2D eigenvalue weighted by atomic mass is 32.2. The minimum Gasteiger partial charge on any atom is -0.485 e. The van der Waals surface area contributed by atoms with Crippen LogP contribution in [0.4, 0.5) is 5.69 Å². The second-order valence-corrected chi connectivity index (χ2v) is 10.4. The van der Waals surface area contributed by atoms with Crippen molar-refractivity contribution in [2.45, 2.75) is 82.2 Å². The number of non-ortho nitro benzene ring substituents is 1. The minimum atomic E-state index is -3.67. The van der Waals surface area contributed by atoms with E-state index in [-0.39, 0.29) is 16.7 Å². The van der Waals surface area contributed by atoms with E-state index in [1.165, 1.54) is 18.9 Å². The van der Waals surface area contributed by atoms with E-state index in [1.807, 2.05) is 13.8 Å². The van der Waals surface area contributed by atoms with Gasteiger partial charge in [0, 0.05) is 29.8 Å². The number of rotatable bonds is 2. The van der Waals surface area contributed by atoms with Gasteiger partial charge in [-0.25, -0.2) is 0 Å². The average Bonchev–Trinajstić information content (AvgIpc) is 2.60. The van der Waals surface area contributed by atoms with Crippen LogP contribution in [0.1, 0.15) is 64.0 Å². The number of piperidine rings is 2. The van der Waals surface area contributed by atoms with Crippen molar-refractivity contribution in [2.75, 3.05) is 6.26 Å². The third-order valence-corrected chi connectivity index (χ3v) is 6.22. The highest BCUT2D eigenvalue weighted by Crippen LogP contribution is 2.49. The van der Waals surface area contributed by atoms with Crippen LogP contribution in [0.2, 0.25) is 0 Å². The molecule has 4 rings (SSSR count). The average molecular weight is 443 g/mol. The van der Waals surface area contributed by atoms with E-state index in [4.69, 9.17) is 9.29 Å². The van der Waals surface area contributed by atoms with E-state index in [1.54, 1.807) is 12.1 Å². The van der Waals surface area contributed by atoms with E-state index in [2.05, 4.69) is 4.90 Å². The number of hydrogen-bond donors (Lipinski definition) is 2. The Morgan fingerprint density at radius 3 is 2.13 bits per heavy atom. The van der Waals surface area contributed by atoms with Crippen LogP contribution >= 0.6 is 0 Å². The molecule has 0 unspecified atom stereocenters. The number of aliphatic hydroxyl groups excluding tert-OH is 1. The van der Waals surface area contributed by atoms with Gasteiger partial charge in [-0.2, -0.15) is 8.42 Å². The van der Waals surface area contributed by atoms with Gasteiger partial charge in [-0.15, -0.1) is 0 Å². The first-order chi connectivity index (χ1) is 13.9. The fourth-order valence-electron chi connectivity index (χ4n) is 5.01. The Labute approximate surface area is 176 Å². The summed E-state index contributed by atoms with van der Waals surface area (Å²) in [6, 6.07) is 5.44. The molecule has 2 atom stereocenters. The molecule has 0 spiro atoms. The molecule has 0 aromatic heterocycles. The lowest BCUT2D eigenvalue weighted by Gasteiger charge is -2.54. The third kappa shape index (κ3) is 4.93. The quantitative estimate of drug-likeness (QED) is 0.406. The highest BCUT2D eigenvalue weighted by molar-refractivity contribution is 7.85. The van der Waals surface area contributed by atoms with Crippen LogP contribution in [0, 0.1) is 10.1 Å². The van der Waals surface area contributed by atoms with Gasteiger partial charge >= 0.3 is 0 Å². The number of hydrogen-bond acceptors (Lipinski definition) is 7. The Balaban J connectivity index is 0.000000461. The van der Waals surface area contributed by atoms with Crippen molar-refractivity contribution in [3.8, 4) is 5.75 Å². The Morgan fingerprint density at radius 1 is 1.17 bits per heavy atom. The fraction of sp³-hybridized carbons (Fsp3) is 0.700. The zero-order valence-corrected chi connectivity index (χ0v) is 18.3. The summed E-state index contributed by atoms with van der Waals surface area (Å²) in [6.07, 6.45) is 7.04. The monoisotopic (exact) mass is 442 g/mol.